The molecule has 0 amide bonds. The lowest BCUT2D eigenvalue weighted by Gasteiger charge is -2.18. The van der Waals surface area contributed by atoms with Gasteiger partial charge in [0.25, 0.3) is 0 Å². The van der Waals surface area contributed by atoms with Crippen molar-refractivity contribution in [3.63, 3.8) is 0 Å². The van der Waals surface area contributed by atoms with Gasteiger partial charge in [0.05, 0.1) is 0 Å². The molecule has 100 valence electrons. The summed E-state index contributed by atoms with van der Waals surface area (Å²) in [5.41, 5.74) is 8.86. The van der Waals surface area contributed by atoms with Gasteiger partial charge in [0.1, 0.15) is 0 Å². The number of nitrogens with zero attached hydrogens (tertiary/aromatic N) is 1. The van der Waals surface area contributed by atoms with Crippen LogP contribution in [-0.4, -0.2) is 11.9 Å². The Bertz CT molecular complexity index is 570. The third-order valence-corrected chi connectivity index (χ3v) is 3.55. The normalized spacial score (nSPS) is 10.9. The van der Waals surface area contributed by atoms with Gasteiger partial charge >= 0.3 is 0 Å². The van der Waals surface area contributed by atoms with E-state index in [0.29, 0.717) is 5.02 Å². The molecule has 4 heteroatoms. The van der Waals surface area contributed by atoms with E-state index >= 15 is 0 Å². The number of anilines is 1. The van der Waals surface area contributed by atoms with Crippen LogP contribution >= 0.6 is 23.2 Å². The average Bonchev–Trinajstić information content (AvgIpc) is 2.36. The summed E-state index contributed by atoms with van der Waals surface area (Å²) in [6.45, 7) is 1.54. The van der Waals surface area contributed by atoms with E-state index in [1.165, 1.54) is 0 Å². The average molecular weight is 295 g/mol. The summed E-state index contributed by atoms with van der Waals surface area (Å²) < 4.78 is 0. The van der Waals surface area contributed by atoms with Gasteiger partial charge in [0, 0.05) is 28.8 Å². The largest absolute Gasteiger partial charge is 0.398 e. The third-order valence-electron chi connectivity index (χ3n) is 2.95. The van der Waals surface area contributed by atoms with Crippen molar-refractivity contribution in [2.75, 3.05) is 12.8 Å². The second-order valence-corrected chi connectivity index (χ2v) is 5.45. The van der Waals surface area contributed by atoms with Crippen molar-refractivity contribution in [2.45, 2.75) is 13.1 Å². The fourth-order valence-corrected chi connectivity index (χ4v) is 2.35. The Kier molecular flexibility index (Phi) is 4.70. The Morgan fingerprint density at radius 2 is 1.68 bits per heavy atom. The van der Waals surface area contributed by atoms with Crippen LogP contribution in [0.25, 0.3) is 0 Å². The van der Waals surface area contributed by atoms with E-state index in [-0.39, 0.29) is 0 Å². The number of hydrogen-bond donors (Lipinski definition) is 1. The minimum absolute atomic E-state index is 0.662. The molecular formula is C15H16Cl2N2. The second kappa shape index (κ2) is 6.29. The first-order valence-corrected chi connectivity index (χ1v) is 6.77. The standard InChI is InChI=1S/C15H16Cl2N2/c1-19(9-11-4-2-3-5-14(11)17)10-12-6-7-13(16)8-15(12)18/h2-8H,9-10,18H2,1H3. The second-order valence-electron chi connectivity index (χ2n) is 4.61. The van der Waals surface area contributed by atoms with Crippen LogP contribution in [0.1, 0.15) is 11.1 Å². The minimum Gasteiger partial charge on any atom is -0.398 e. The molecule has 2 nitrogen and oxygen atoms in total. The van der Waals surface area contributed by atoms with Crippen molar-refractivity contribution < 1.29 is 0 Å². The number of nitrogen functional groups attached to an aromatic ring is 1. The maximum absolute atomic E-state index is 6.15. The predicted octanol–water partition coefficient (Wildman–Crippen LogP) is 4.21. The summed E-state index contributed by atoms with van der Waals surface area (Å²) in [6.07, 6.45) is 0. The van der Waals surface area contributed by atoms with Gasteiger partial charge in [-0.25, -0.2) is 0 Å². The molecular weight excluding hydrogens is 279 g/mol. The zero-order valence-corrected chi connectivity index (χ0v) is 12.2. The highest BCUT2D eigenvalue weighted by Crippen LogP contribution is 2.21. The maximum Gasteiger partial charge on any atom is 0.0451 e. The number of hydrogen-bond acceptors (Lipinski definition) is 2. The molecule has 2 aromatic carbocycles. The van der Waals surface area contributed by atoms with Crippen molar-refractivity contribution in [1.82, 2.24) is 4.90 Å². The lowest BCUT2D eigenvalue weighted by Crippen LogP contribution is -2.18. The smallest absolute Gasteiger partial charge is 0.0451 e. The van der Waals surface area contributed by atoms with Crippen molar-refractivity contribution in [3.8, 4) is 0 Å². The molecule has 0 heterocycles. The van der Waals surface area contributed by atoms with Crippen molar-refractivity contribution in [2.24, 2.45) is 0 Å². The topological polar surface area (TPSA) is 29.3 Å². The van der Waals surface area contributed by atoms with Crippen LogP contribution in [0.4, 0.5) is 5.69 Å². The highest BCUT2D eigenvalue weighted by Gasteiger charge is 2.07. The lowest BCUT2D eigenvalue weighted by atomic mass is 10.1. The summed E-state index contributed by atoms with van der Waals surface area (Å²) in [6, 6.07) is 13.5. The maximum atomic E-state index is 6.15. The Hall–Kier alpha value is -1.22. The zero-order valence-electron chi connectivity index (χ0n) is 10.7. The Morgan fingerprint density at radius 1 is 1.00 bits per heavy atom. The van der Waals surface area contributed by atoms with Crippen LogP contribution in [0.5, 0.6) is 0 Å². The molecule has 0 saturated heterocycles. The van der Waals surface area contributed by atoms with Gasteiger partial charge in [-0.1, -0.05) is 47.5 Å². The summed E-state index contributed by atoms with van der Waals surface area (Å²) in [4.78, 5) is 2.17. The van der Waals surface area contributed by atoms with Gasteiger partial charge in [-0.05, 0) is 36.4 Å². The van der Waals surface area contributed by atoms with E-state index in [4.69, 9.17) is 28.9 Å². The molecule has 19 heavy (non-hydrogen) atoms. The van der Waals surface area contributed by atoms with Gasteiger partial charge in [-0.3, -0.25) is 4.90 Å². The molecule has 0 aromatic heterocycles. The highest BCUT2D eigenvalue weighted by molar-refractivity contribution is 6.31. The SMILES string of the molecule is CN(Cc1ccc(Cl)cc1N)Cc1ccccc1Cl. The fourth-order valence-electron chi connectivity index (χ4n) is 1.97. The molecule has 0 atom stereocenters. The first-order chi connectivity index (χ1) is 9.06. The first-order valence-electron chi connectivity index (χ1n) is 6.02. The Morgan fingerprint density at radius 3 is 2.37 bits per heavy atom. The fraction of sp³-hybridized carbons (Fsp3) is 0.200. The first kappa shape index (κ1) is 14.2. The molecule has 2 rings (SSSR count). The van der Waals surface area contributed by atoms with Crippen molar-refractivity contribution >= 4 is 28.9 Å². The molecule has 2 N–H and O–H groups in total. The van der Waals surface area contributed by atoms with Gasteiger partial charge in [0.2, 0.25) is 0 Å². The molecule has 0 aliphatic rings. The predicted molar refractivity (Wildman–Crippen MR) is 82.5 cm³/mol. The Labute approximate surface area is 123 Å². The molecule has 0 unspecified atom stereocenters. The molecule has 0 aliphatic carbocycles. The van der Waals surface area contributed by atoms with Crippen LogP contribution < -0.4 is 5.73 Å². The van der Waals surface area contributed by atoms with Crippen LogP contribution in [0.15, 0.2) is 42.5 Å². The monoisotopic (exact) mass is 294 g/mol. The molecule has 0 fully saturated rings. The van der Waals surface area contributed by atoms with E-state index < -0.39 is 0 Å². The molecule has 0 aliphatic heterocycles. The summed E-state index contributed by atoms with van der Waals surface area (Å²) in [7, 11) is 2.04. The quantitative estimate of drug-likeness (QED) is 0.856. The lowest BCUT2D eigenvalue weighted by molar-refractivity contribution is 0.319. The van der Waals surface area contributed by atoms with Crippen molar-refractivity contribution in [3.05, 3.63) is 63.6 Å². The third kappa shape index (κ3) is 3.87. The number of benzene rings is 2. The van der Waals surface area contributed by atoms with Crippen LogP contribution in [-0.2, 0) is 13.1 Å². The number of rotatable bonds is 4. The van der Waals surface area contributed by atoms with Gasteiger partial charge in [-0.2, -0.15) is 0 Å². The minimum atomic E-state index is 0.662. The molecule has 0 spiro atoms. The number of halogens is 2. The van der Waals surface area contributed by atoms with E-state index in [2.05, 4.69) is 4.90 Å². The van der Waals surface area contributed by atoms with E-state index in [9.17, 15) is 0 Å². The van der Waals surface area contributed by atoms with Gasteiger partial charge in [0.15, 0.2) is 0 Å². The molecule has 0 radical (unpaired) electrons. The van der Waals surface area contributed by atoms with Crippen molar-refractivity contribution in [1.29, 1.82) is 0 Å². The Balaban J connectivity index is 2.05. The van der Waals surface area contributed by atoms with Crippen LogP contribution in [0.2, 0.25) is 10.0 Å². The van der Waals surface area contributed by atoms with Gasteiger partial charge in [-0.15, -0.1) is 0 Å². The zero-order chi connectivity index (χ0) is 13.8. The van der Waals surface area contributed by atoms with Crippen LogP contribution in [0, 0.1) is 0 Å². The summed E-state index contributed by atoms with van der Waals surface area (Å²) >= 11 is 12.0. The molecule has 0 bridgehead atoms. The van der Waals surface area contributed by atoms with Crippen LogP contribution in [0.3, 0.4) is 0 Å². The van der Waals surface area contributed by atoms with E-state index in [1.54, 1.807) is 6.07 Å². The van der Waals surface area contributed by atoms with E-state index in [0.717, 1.165) is 34.9 Å². The number of nitrogens with two attached hydrogens (primary N) is 1. The highest BCUT2D eigenvalue weighted by atomic mass is 35.5. The molecule has 0 saturated carbocycles. The summed E-state index contributed by atoms with van der Waals surface area (Å²) in [5, 5.41) is 1.45. The van der Waals surface area contributed by atoms with E-state index in [1.807, 2.05) is 43.4 Å². The van der Waals surface area contributed by atoms with Gasteiger partial charge < -0.3 is 5.73 Å². The molecule has 2 aromatic rings. The summed E-state index contributed by atoms with van der Waals surface area (Å²) in [5.74, 6) is 0.